The molecule has 21 heavy (non-hydrogen) atoms. The molecule has 0 saturated carbocycles. The molecular weight excluding hydrogens is 291 g/mol. The fourth-order valence-corrected chi connectivity index (χ4v) is 3.44. The Balaban J connectivity index is 2.29. The predicted molar refractivity (Wildman–Crippen MR) is 80.1 cm³/mol. The third-order valence-corrected chi connectivity index (χ3v) is 4.48. The Morgan fingerprint density at radius 1 is 1.14 bits per heavy atom. The van der Waals surface area contributed by atoms with Crippen molar-refractivity contribution in [1.29, 1.82) is 0 Å². The van der Waals surface area contributed by atoms with Crippen molar-refractivity contribution in [2.45, 2.75) is 6.61 Å². The number of benzene rings is 2. The Morgan fingerprint density at radius 3 is 2.48 bits per heavy atom. The second-order valence-electron chi connectivity index (χ2n) is 4.61. The van der Waals surface area contributed by atoms with E-state index in [0.29, 0.717) is 21.4 Å². The van der Waals surface area contributed by atoms with Gasteiger partial charge in [-0.2, -0.15) is 0 Å². The lowest BCUT2D eigenvalue weighted by atomic mass is 10.0. The van der Waals surface area contributed by atoms with Crippen LogP contribution in [0.3, 0.4) is 0 Å². The van der Waals surface area contributed by atoms with Gasteiger partial charge in [0.25, 0.3) is 0 Å². The minimum absolute atomic E-state index is 0.142. The van der Waals surface area contributed by atoms with Gasteiger partial charge in [-0.05, 0) is 35.4 Å². The fourth-order valence-electron chi connectivity index (χ4n) is 2.26. The number of rotatable bonds is 3. The molecule has 0 amide bonds. The van der Waals surface area contributed by atoms with E-state index in [0.717, 1.165) is 4.70 Å². The molecular formula is C16H11FO3S. The lowest BCUT2D eigenvalue weighted by molar-refractivity contribution is 0.0700. The first kappa shape index (κ1) is 13.7. The van der Waals surface area contributed by atoms with Gasteiger partial charge in [0, 0.05) is 10.1 Å². The first-order valence-corrected chi connectivity index (χ1v) is 7.07. The summed E-state index contributed by atoms with van der Waals surface area (Å²) in [7, 11) is 0. The van der Waals surface area contributed by atoms with Gasteiger partial charge in [-0.3, -0.25) is 0 Å². The number of aliphatic hydroxyl groups excluding tert-OH is 1. The second-order valence-corrected chi connectivity index (χ2v) is 5.66. The molecule has 5 heteroatoms. The molecule has 0 aliphatic carbocycles. The SMILES string of the molecule is O=C(O)c1c(-c2ccc(F)cc2)sc2ccc(CO)cc12. The molecule has 0 fully saturated rings. The van der Waals surface area contributed by atoms with Crippen LogP contribution in [0.15, 0.2) is 42.5 Å². The summed E-state index contributed by atoms with van der Waals surface area (Å²) < 4.78 is 13.8. The molecule has 3 rings (SSSR count). The van der Waals surface area contributed by atoms with Gasteiger partial charge in [0.15, 0.2) is 0 Å². The van der Waals surface area contributed by atoms with Crippen LogP contribution in [0.1, 0.15) is 15.9 Å². The molecule has 0 aliphatic rings. The number of halogens is 1. The van der Waals surface area contributed by atoms with Crippen LogP contribution in [0.2, 0.25) is 0 Å². The number of thiophene rings is 1. The number of fused-ring (bicyclic) bond motifs is 1. The van der Waals surface area contributed by atoms with E-state index in [4.69, 9.17) is 0 Å². The standard InChI is InChI=1S/C16H11FO3S/c17-11-4-2-10(3-5-11)15-14(16(19)20)12-7-9(8-18)1-6-13(12)21-15/h1-7,18H,8H2,(H,19,20). The zero-order chi connectivity index (χ0) is 15.0. The Kier molecular flexibility index (Phi) is 3.45. The number of aliphatic hydroxyl groups is 1. The number of carbonyl (C=O) groups is 1. The van der Waals surface area contributed by atoms with Gasteiger partial charge in [-0.1, -0.05) is 18.2 Å². The molecule has 106 valence electrons. The van der Waals surface area contributed by atoms with Crippen LogP contribution in [0.4, 0.5) is 4.39 Å². The average molecular weight is 302 g/mol. The summed E-state index contributed by atoms with van der Waals surface area (Å²) in [5, 5.41) is 19.3. The topological polar surface area (TPSA) is 57.5 Å². The van der Waals surface area contributed by atoms with E-state index >= 15 is 0 Å². The molecule has 0 radical (unpaired) electrons. The Morgan fingerprint density at radius 2 is 1.86 bits per heavy atom. The number of hydrogen-bond donors (Lipinski definition) is 2. The maximum Gasteiger partial charge on any atom is 0.337 e. The molecule has 3 nitrogen and oxygen atoms in total. The highest BCUT2D eigenvalue weighted by molar-refractivity contribution is 7.22. The summed E-state index contributed by atoms with van der Waals surface area (Å²) in [6, 6.07) is 11.0. The smallest absolute Gasteiger partial charge is 0.337 e. The largest absolute Gasteiger partial charge is 0.478 e. The Hall–Kier alpha value is -2.24. The van der Waals surface area contributed by atoms with Crippen LogP contribution in [0.25, 0.3) is 20.5 Å². The third-order valence-electron chi connectivity index (χ3n) is 3.26. The number of carboxylic acids is 1. The number of carboxylic acid groups (broad SMARTS) is 1. The van der Waals surface area contributed by atoms with Crippen molar-refractivity contribution in [2.75, 3.05) is 0 Å². The maximum atomic E-state index is 13.0. The molecule has 2 aromatic carbocycles. The van der Waals surface area contributed by atoms with Crippen molar-refractivity contribution in [2.24, 2.45) is 0 Å². The molecule has 0 saturated heterocycles. The summed E-state index contributed by atoms with van der Waals surface area (Å²) in [6.45, 7) is -0.142. The molecule has 0 atom stereocenters. The van der Waals surface area contributed by atoms with E-state index in [2.05, 4.69) is 0 Å². The predicted octanol–water partition coefficient (Wildman–Crippen LogP) is 3.90. The molecule has 0 bridgehead atoms. The molecule has 0 aliphatic heterocycles. The van der Waals surface area contributed by atoms with Crippen molar-refractivity contribution < 1.29 is 19.4 Å². The summed E-state index contributed by atoms with van der Waals surface area (Å²) in [5.74, 6) is -1.39. The van der Waals surface area contributed by atoms with Crippen LogP contribution in [-0.2, 0) is 6.61 Å². The van der Waals surface area contributed by atoms with Gasteiger partial charge in [0.1, 0.15) is 5.82 Å². The Bertz CT molecular complexity index is 821. The van der Waals surface area contributed by atoms with Crippen molar-refractivity contribution >= 4 is 27.4 Å². The van der Waals surface area contributed by atoms with Gasteiger partial charge in [-0.25, -0.2) is 9.18 Å². The first-order valence-electron chi connectivity index (χ1n) is 6.25. The quantitative estimate of drug-likeness (QED) is 0.771. The number of aromatic carboxylic acids is 1. The summed E-state index contributed by atoms with van der Waals surface area (Å²) in [5.41, 5.74) is 1.52. The second kappa shape index (κ2) is 5.27. The Labute approximate surface area is 123 Å². The number of hydrogen-bond acceptors (Lipinski definition) is 3. The molecule has 2 N–H and O–H groups in total. The average Bonchev–Trinajstić information content (AvgIpc) is 2.86. The fraction of sp³-hybridized carbons (Fsp3) is 0.0625. The summed E-state index contributed by atoms with van der Waals surface area (Å²) in [4.78, 5) is 12.2. The van der Waals surface area contributed by atoms with E-state index in [-0.39, 0.29) is 18.0 Å². The van der Waals surface area contributed by atoms with Crippen LogP contribution in [-0.4, -0.2) is 16.2 Å². The molecule has 0 unspecified atom stereocenters. The van der Waals surface area contributed by atoms with Crippen molar-refractivity contribution in [3.63, 3.8) is 0 Å². The van der Waals surface area contributed by atoms with Crippen molar-refractivity contribution in [1.82, 2.24) is 0 Å². The first-order chi connectivity index (χ1) is 10.1. The minimum atomic E-state index is -1.03. The van der Waals surface area contributed by atoms with Crippen molar-refractivity contribution in [3.8, 4) is 10.4 Å². The van der Waals surface area contributed by atoms with Gasteiger partial charge in [-0.15, -0.1) is 11.3 Å². The van der Waals surface area contributed by atoms with Crippen LogP contribution in [0.5, 0.6) is 0 Å². The highest BCUT2D eigenvalue weighted by atomic mass is 32.1. The highest BCUT2D eigenvalue weighted by Crippen LogP contribution is 2.39. The van der Waals surface area contributed by atoms with Crippen LogP contribution >= 0.6 is 11.3 Å². The van der Waals surface area contributed by atoms with E-state index in [1.54, 1.807) is 30.3 Å². The van der Waals surface area contributed by atoms with Gasteiger partial charge in [0.05, 0.1) is 17.0 Å². The normalized spacial score (nSPS) is 11.0. The summed E-state index contributed by atoms with van der Waals surface area (Å²) in [6.07, 6.45) is 0. The van der Waals surface area contributed by atoms with Crippen molar-refractivity contribution in [3.05, 3.63) is 59.4 Å². The lowest BCUT2D eigenvalue weighted by Gasteiger charge is -2.01. The van der Waals surface area contributed by atoms with E-state index in [9.17, 15) is 19.4 Å². The summed E-state index contributed by atoms with van der Waals surface area (Å²) >= 11 is 1.35. The molecule has 1 aromatic heterocycles. The molecule has 3 aromatic rings. The third kappa shape index (κ3) is 2.41. The molecule has 1 heterocycles. The lowest BCUT2D eigenvalue weighted by Crippen LogP contribution is -1.97. The van der Waals surface area contributed by atoms with E-state index in [1.807, 2.05) is 0 Å². The molecule has 0 spiro atoms. The minimum Gasteiger partial charge on any atom is -0.478 e. The van der Waals surface area contributed by atoms with Crippen LogP contribution in [0, 0.1) is 5.82 Å². The van der Waals surface area contributed by atoms with Gasteiger partial charge >= 0.3 is 5.97 Å². The maximum absolute atomic E-state index is 13.0. The van der Waals surface area contributed by atoms with Gasteiger partial charge in [0.2, 0.25) is 0 Å². The highest BCUT2D eigenvalue weighted by Gasteiger charge is 2.19. The monoisotopic (exact) mass is 302 g/mol. The van der Waals surface area contributed by atoms with Crippen LogP contribution < -0.4 is 0 Å². The zero-order valence-electron chi connectivity index (χ0n) is 10.8. The van der Waals surface area contributed by atoms with E-state index in [1.165, 1.54) is 23.5 Å². The zero-order valence-corrected chi connectivity index (χ0v) is 11.7. The van der Waals surface area contributed by atoms with E-state index < -0.39 is 5.97 Å². The van der Waals surface area contributed by atoms with Gasteiger partial charge < -0.3 is 10.2 Å².